The normalized spacial score (nSPS) is 19.1. The second-order valence-corrected chi connectivity index (χ2v) is 5.52. The molecule has 1 aliphatic rings. The van der Waals surface area contributed by atoms with Crippen LogP contribution in [0.1, 0.15) is 34.1 Å². The highest BCUT2D eigenvalue weighted by atomic mass is 32.1. The van der Waals surface area contributed by atoms with Crippen molar-refractivity contribution in [3.63, 3.8) is 0 Å². The summed E-state index contributed by atoms with van der Waals surface area (Å²) < 4.78 is 0. The number of rotatable bonds is 2. The van der Waals surface area contributed by atoms with Gasteiger partial charge in [0.15, 0.2) is 0 Å². The third-order valence-corrected chi connectivity index (χ3v) is 4.38. The number of nitrogens with zero attached hydrogens (tertiary/aromatic N) is 1. The van der Waals surface area contributed by atoms with E-state index in [1.54, 1.807) is 11.3 Å². The molecule has 18 heavy (non-hydrogen) atoms. The summed E-state index contributed by atoms with van der Waals surface area (Å²) in [6.45, 7) is 0.871. The van der Waals surface area contributed by atoms with E-state index in [9.17, 15) is 4.79 Å². The van der Waals surface area contributed by atoms with Gasteiger partial charge in [-0.1, -0.05) is 24.3 Å². The molecular weight excluding hydrogens is 242 g/mol. The number of hydrogen-bond acceptors (Lipinski definition) is 2. The Morgan fingerprint density at radius 2 is 2.00 bits per heavy atom. The van der Waals surface area contributed by atoms with Crippen LogP contribution in [-0.2, 0) is 0 Å². The van der Waals surface area contributed by atoms with Gasteiger partial charge in [-0.05, 0) is 36.4 Å². The van der Waals surface area contributed by atoms with Gasteiger partial charge in [0.05, 0.1) is 6.04 Å². The summed E-state index contributed by atoms with van der Waals surface area (Å²) in [4.78, 5) is 15.8. The molecule has 0 N–H and O–H groups in total. The summed E-state index contributed by atoms with van der Waals surface area (Å²) in [7, 11) is 0. The first-order valence-corrected chi connectivity index (χ1v) is 7.13. The van der Waals surface area contributed by atoms with E-state index in [0.717, 1.165) is 24.9 Å². The number of hydrogen-bond donors (Lipinski definition) is 0. The van der Waals surface area contributed by atoms with Gasteiger partial charge in [0.2, 0.25) is 0 Å². The maximum absolute atomic E-state index is 12.5. The lowest BCUT2D eigenvalue weighted by molar-refractivity contribution is 0.0738. The van der Waals surface area contributed by atoms with Crippen LogP contribution in [0.25, 0.3) is 0 Å². The van der Waals surface area contributed by atoms with Crippen LogP contribution in [0.4, 0.5) is 0 Å². The first kappa shape index (κ1) is 11.5. The molecule has 2 heterocycles. The molecule has 3 rings (SSSR count). The van der Waals surface area contributed by atoms with Gasteiger partial charge in [-0.25, -0.2) is 0 Å². The van der Waals surface area contributed by atoms with Crippen LogP contribution < -0.4 is 0 Å². The lowest BCUT2D eigenvalue weighted by atomic mass is 10.1. The first-order valence-electron chi connectivity index (χ1n) is 6.25. The molecule has 0 radical (unpaired) electrons. The van der Waals surface area contributed by atoms with Crippen LogP contribution >= 0.6 is 11.3 Å². The quantitative estimate of drug-likeness (QED) is 0.803. The number of likely N-dealkylation sites (tertiary alicyclic amines) is 1. The smallest absolute Gasteiger partial charge is 0.254 e. The molecule has 3 heteroatoms. The number of carbonyl (C=O) groups excluding carboxylic acids is 1. The van der Waals surface area contributed by atoms with E-state index in [1.165, 1.54) is 4.88 Å². The second kappa shape index (κ2) is 4.94. The monoisotopic (exact) mass is 257 g/mol. The molecule has 1 saturated heterocycles. The van der Waals surface area contributed by atoms with Crippen LogP contribution in [0.3, 0.4) is 0 Å². The van der Waals surface area contributed by atoms with Crippen molar-refractivity contribution in [2.75, 3.05) is 6.54 Å². The Hall–Kier alpha value is -1.61. The van der Waals surface area contributed by atoms with Crippen molar-refractivity contribution in [3.8, 4) is 0 Å². The highest BCUT2D eigenvalue weighted by molar-refractivity contribution is 7.10. The summed E-state index contributed by atoms with van der Waals surface area (Å²) in [5.41, 5.74) is 0.793. The zero-order valence-corrected chi connectivity index (χ0v) is 10.9. The number of amides is 1. The average Bonchev–Trinajstić information content (AvgIpc) is 3.09. The number of thiophene rings is 1. The maximum atomic E-state index is 12.5. The Kier molecular flexibility index (Phi) is 3.15. The Balaban J connectivity index is 1.85. The van der Waals surface area contributed by atoms with Crippen molar-refractivity contribution in [1.82, 2.24) is 4.90 Å². The molecule has 0 aliphatic carbocycles. The van der Waals surface area contributed by atoms with E-state index < -0.39 is 0 Å². The number of carbonyl (C=O) groups is 1. The zero-order valence-electron chi connectivity index (χ0n) is 10.1. The van der Waals surface area contributed by atoms with Gasteiger partial charge < -0.3 is 4.90 Å². The van der Waals surface area contributed by atoms with Gasteiger partial charge in [0, 0.05) is 17.0 Å². The van der Waals surface area contributed by atoms with E-state index in [1.807, 2.05) is 35.2 Å². The van der Waals surface area contributed by atoms with E-state index in [2.05, 4.69) is 17.5 Å². The molecule has 1 unspecified atom stereocenters. The fraction of sp³-hybridized carbons (Fsp3) is 0.267. The van der Waals surface area contributed by atoms with E-state index in [-0.39, 0.29) is 11.9 Å². The standard InChI is InChI=1S/C15H15NOS/c17-15(12-6-2-1-3-7-12)16-10-4-8-13(16)14-9-5-11-18-14/h1-3,5-7,9,11,13H,4,8,10H2. The van der Waals surface area contributed by atoms with Gasteiger partial charge in [-0.3, -0.25) is 4.79 Å². The van der Waals surface area contributed by atoms with E-state index in [4.69, 9.17) is 0 Å². The van der Waals surface area contributed by atoms with Gasteiger partial charge in [0.25, 0.3) is 5.91 Å². The lowest BCUT2D eigenvalue weighted by Crippen LogP contribution is -2.30. The van der Waals surface area contributed by atoms with E-state index >= 15 is 0 Å². The Labute approximate surface area is 111 Å². The van der Waals surface area contributed by atoms with Gasteiger partial charge in [-0.2, -0.15) is 0 Å². The fourth-order valence-electron chi connectivity index (χ4n) is 2.53. The predicted octanol–water partition coefficient (Wildman–Crippen LogP) is 3.73. The topological polar surface area (TPSA) is 20.3 Å². The lowest BCUT2D eigenvalue weighted by Gasteiger charge is -2.24. The van der Waals surface area contributed by atoms with Crippen LogP contribution in [0.2, 0.25) is 0 Å². The molecule has 2 nitrogen and oxygen atoms in total. The molecule has 0 spiro atoms. The first-order chi connectivity index (χ1) is 8.86. The summed E-state index contributed by atoms with van der Waals surface area (Å²) >= 11 is 1.74. The summed E-state index contributed by atoms with van der Waals surface area (Å²) in [6, 6.07) is 14.0. The molecule has 2 aromatic rings. The Morgan fingerprint density at radius 3 is 2.72 bits per heavy atom. The average molecular weight is 257 g/mol. The molecule has 0 bridgehead atoms. The molecule has 1 aliphatic heterocycles. The number of benzene rings is 1. The molecule has 1 aromatic heterocycles. The predicted molar refractivity (Wildman–Crippen MR) is 73.8 cm³/mol. The summed E-state index contributed by atoms with van der Waals surface area (Å²) in [6.07, 6.45) is 2.18. The van der Waals surface area contributed by atoms with Crippen molar-refractivity contribution in [1.29, 1.82) is 0 Å². The third-order valence-electron chi connectivity index (χ3n) is 3.41. The van der Waals surface area contributed by atoms with Crippen molar-refractivity contribution >= 4 is 17.2 Å². The Bertz CT molecular complexity index is 521. The Morgan fingerprint density at radius 1 is 1.17 bits per heavy atom. The third kappa shape index (κ3) is 2.06. The van der Waals surface area contributed by atoms with Crippen molar-refractivity contribution in [2.45, 2.75) is 18.9 Å². The SMILES string of the molecule is O=C(c1ccccc1)N1CCCC1c1cccs1. The van der Waals surface area contributed by atoms with Crippen LogP contribution in [0.15, 0.2) is 47.8 Å². The van der Waals surface area contributed by atoms with Gasteiger partial charge in [0.1, 0.15) is 0 Å². The molecule has 1 amide bonds. The van der Waals surface area contributed by atoms with Gasteiger partial charge >= 0.3 is 0 Å². The van der Waals surface area contributed by atoms with Crippen LogP contribution in [-0.4, -0.2) is 17.4 Å². The molecule has 92 valence electrons. The minimum Gasteiger partial charge on any atom is -0.331 e. The largest absolute Gasteiger partial charge is 0.331 e. The molecule has 1 atom stereocenters. The molecule has 1 aromatic carbocycles. The minimum absolute atomic E-state index is 0.159. The van der Waals surface area contributed by atoms with Gasteiger partial charge in [-0.15, -0.1) is 11.3 Å². The highest BCUT2D eigenvalue weighted by Crippen LogP contribution is 2.35. The minimum atomic E-state index is 0.159. The van der Waals surface area contributed by atoms with Crippen LogP contribution in [0, 0.1) is 0 Å². The highest BCUT2D eigenvalue weighted by Gasteiger charge is 2.30. The second-order valence-electron chi connectivity index (χ2n) is 4.54. The van der Waals surface area contributed by atoms with Crippen molar-refractivity contribution < 1.29 is 4.79 Å². The maximum Gasteiger partial charge on any atom is 0.254 e. The fourth-order valence-corrected chi connectivity index (χ4v) is 3.41. The summed E-state index contributed by atoms with van der Waals surface area (Å²) in [5.74, 6) is 0.159. The molecule has 0 saturated carbocycles. The summed E-state index contributed by atoms with van der Waals surface area (Å²) in [5, 5.41) is 2.08. The van der Waals surface area contributed by atoms with Crippen molar-refractivity contribution in [2.24, 2.45) is 0 Å². The van der Waals surface area contributed by atoms with Crippen molar-refractivity contribution in [3.05, 3.63) is 58.3 Å². The molecule has 1 fully saturated rings. The zero-order chi connectivity index (χ0) is 12.4. The molecular formula is C15H15NOS. The van der Waals surface area contributed by atoms with E-state index in [0.29, 0.717) is 0 Å². The van der Waals surface area contributed by atoms with Crippen LogP contribution in [0.5, 0.6) is 0 Å².